The van der Waals surface area contributed by atoms with Crippen LogP contribution in [0.1, 0.15) is 21.7 Å². The number of hydrogen-bond acceptors (Lipinski definition) is 7. The number of carbonyl (C=O) groups is 2. The van der Waals surface area contributed by atoms with E-state index in [1.807, 2.05) is 31.2 Å². The van der Waals surface area contributed by atoms with Crippen molar-refractivity contribution in [2.24, 2.45) is 0 Å². The first-order chi connectivity index (χ1) is 14.1. The van der Waals surface area contributed by atoms with Crippen molar-refractivity contribution in [3.05, 3.63) is 59.4 Å². The van der Waals surface area contributed by atoms with Gasteiger partial charge in [-0.05, 0) is 36.8 Å². The summed E-state index contributed by atoms with van der Waals surface area (Å²) in [7, 11) is 0. The van der Waals surface area contributed by atoms with Crippen molar-refractivity contribution in [2.75, 3.05) is 17.7 Å². The van der Waals surface area contributed by atoms with Gasteiger partial charge in [-0.1, -0.05) is 30.0 Å². The number of aromatic nitrogens is 3. The number of ketones is 1. The third-order valence-corrected chi connectivity index (χ3v) is 5.08. The second-order valence-corrected chi connectivity index (χ2v) is 7.32. The molecule has 3 aromatic rings. The van der Waals surface area contributed by atoms with Crippen LogP contribution in [0.4, 0.5) is 5.69 Å². The Hall–Kier alpha value is -3.33. The average Bonchev–Trinajstić information content (AvgIpc) is 3.18. The topological polar surface area (TPSA) is 106 Å². The number of nitrogens with zero attached hydrogens (tertiary/aromatic N) is 2. The number of carbonyl (C=O) groups excluding carboxylic acids is 2. The molecule has 1 aliphatic heterocycles. The van der Waals surface area contributed by atoms with Gasteiger partial charge in [0.25, 0.3) is 5.91 Å². The largest absolute Gasteiger partial charge is 0.485 e. The number of aromatic amines is 1. The molecule has 2 heterocycles. The molecule has 29 heavy (non-hydrogen) atoms. The van der Waals surface area contributed by atoms with E-state index in [-0.39, 0.29) is 30.7 Å². The molecule has 0 spiro atoms. The summed E-state index contributed by atoms with van der Waals surface area (Å²) < 4.78 is 11.0. The third kappa shape index (κ3) is 4.57. The lowest BCUT2D eigenvalue weighted by molar-refractivity contribution is -0.118. The maximum Gasteiger partial charge on any atom is 0.262 e. The summed E-state index contributed by atoms with van der Waals surface area (Å²) in [5.74, 6) is 1.76. The fraction of sp³-hybridized carbons (Fsp3) is 0.200. The molecule has 8 nitrogen and oxygen atoms in total. The van der Waals surface area contributed by atoms with Gasteiger partial charge in [-0.15, -0.1) is 5.10 Å². The molecule has 1 amide bonds. The summed E-state index contributed by atoms with van der Waals surface area (Å²) in [6.45, 7) is 2.22. The SMILES string of the molecule is Cc1ccccc1OCc1nc(SCC(=O)c2ccc3c(c2)NC(=O)CO3)n[nH]1. The number of fused-ring (bicyclic) bond motifs is 1. The summed E-state index contributed by atoms with van der Waals surface area (Å²) in [6.07, 6.45) is 0. The summed E-state index contributed by atoms with van der Waals surface area (Å²) in [6, 6.07) is 12.7. The van der Waals surface area contributed by atoms with Crippen molar-refractivity contribution in [3.8, 4) is 11.5 Å². The number of ether oxygens (including phenoxy) is 2. The summed E-state index contributed by atoms with van der Waals surface area (Å²) >= 11 is 1.23. The van der Waals surface area contributed by atoms with E-state index >= 15 is 0 Å². The highest BCUT2D eigenvalue weighted by atomic mass is 32.2. The summed E-state index contributed by atoms with van der Waals surface area (Å²) in [5, 5.41) is 10.1. The Morgan fingerprint density at radius 1 is 1.28 bits per heavy atom. The van der Waals surface area contributed by atoms with Crippen LogP contribution in [0.5, 0.6) is 11.5 Å². The minimum Gasteiger partial charge on any atom is -0.485 e. The van der Waals surface area contributed by atoms with Crippen molar-refractivity contribution in [3.63, 3.8) is 0 Å². The van der Waals surface area contributed by atoms with Crippen LogP contribution in [0.15, 0.2) is 47.6 Å². The van der Waals surface area contributed by atoms with Crippen molar-refractivity contribution < 1.29 is 19.1 Å². The standard InChI is InChI=1S/C20H18N4O4S/c1-12-4-2-3-5-16(12)27-9-18-22-20(24-23-18)29-11-15(25)13-6-7-17-14(8-13)21-19(26)10-28-17/h2-8H,9-11H2,1H3,(H,21,26)(H,22,23,24). The Labute approximate surface area is 171 Å². The zero-order valence-corrected chi connectivity index (χ0v) is 16.4. The smallest absolute Gasteiger partial charge is 0.262 e. The van der Waals surface area contributed by atoms with Crippen molar-refractivity contribution in [2.45, 2.75) is 18.7 Å². The molecule has 0 saturated carbocycles. The highest BCUT2D eigenvalue weighted by Gasteiger charge is 2.18. The minimum atomic E-state index is -0.238. The normalized spacial score (nSPS) is 12.7. The molecule has 0 aliphatic carbocycles. The number of benzene rings is 2. The molecule has 0 bridgehead atoms. The second-order valence-electron chi connectivity index (χ2n) is 6.38. The van der Waals surface area contributed by atoms with Crippen molar-refractivity contribution in [1.82, 2.24) is 15.2 Å². The lowest BCUT2D eigenvalue weighted by Gasteiger charge is -2.18. The van der Waals surface area contributed by atoms with Gasteiger partial charge in [0.1, 0.15) is 18.1 Å². The summed E-state index contributed by atoms with van der Waals surface area (Å²) in [5.41, 5.74) is 2.03. The highest BCUT2D eigenvalue weighted by molar-refractivity contribution is 7.99. The van der Waals surface area contributed by atoms with Gasteiger partial charge in [0.05, 0.1) is 11.4 Å². The predicted molar refractivity (Wildman–Crippen MR) is 108 cm³/mol. The quantitative estimate of drug-likeness (QED) is 0.455. The van der Waals surface area contributed by atoms with Crippen LogP contribution in [-0.2, 0) is 11.4 Å². The minimum absolute atomic E-state index is 0.0170. The monoisotopic (exact) mass is 410 g/mol. The molecular weight excluding hydrogens is 392 g/mol. The summed E-state index contributed by atoms with van der Waals surface area (Å²) in [4.78, 5) is 28.2. The van der Waals surface area contributed by atoms with Crippen LogP contribution >= 0.6 is 11.8 Å². The zero-order valence-electron chi connectivity index (χ0n) is 15.6. The van der Waals surface area contributed by atoms with Gasteiger partial charge in [0.2, 0.25) is 5.16 Å². The second kappa shape index (κ2) is 8.36. The Bertz CT molecular complexity index is 1070. The Morgan fingerprint density at radius 2 is 2.14 bits per heavy atom. The lowest BCUT2D eigenvalue weighted by Crippen LogP contribution is -2.25. The zero-order chi connectivity index (χ0) is 20.2. The van der Waals surface area contributed by atoms with E-state index in [0.29, 0.717) is 28.0 Å². The molecule has 0 radical (unpaired) electrons. The molecule has 1 aliphatic rings. The third-order valence-electron chi connectivity index (χ3n) is 4.24. The first-order valence-electron chi connectivity index (χ1n) is 8.91. The van der Waals surface area contributed by atoms with E-state index < -0.39 is 0 Å². The first-order valence-corrected chi connectivity index (χ1v) is 9.89. The van der Waals surface area contributed by atoms with E-state index in [4.69, 9.17) is 9.47 Å². The van der Waals surface area contributed by atoms with Crippen LogP contribution in [0.25, 0.3) is 0 Å². The van der Waals surface area contributed by atoms with Crippen LogP contribution < -0.4 is 14.8 Å². The molecule has 0 fully saturated rings. The molecule has 4 rings (SSSR count). The van der Waals surface area contributed by atoms with Crippen molar-refractivity contribution in [1.29, 1.82) is 0 Å². The maximum absolute atomic E-state index is 12.5. The van der Waals surface area contributed by atoms with E-state index in [9.17, 15) is 9.59 Å². The molecule has 2 N–H and O–H groups in total. The van der Waals surface area contributed by atoms with Gasteiger partial charge in [0.15, 0.2) is 18.2 Å². The van der Waals surface area contributed by atoms with Gasteiger partial charge in [-0.3, -0.25) is 14.7 Å². The molecule has 1 aromatic heterocycles. The lowest BCUT2D eigenvalue weighted by atomic mass is 10.1. The van der Waals surface area contributed by atoms with Gasteiger partial charge < -0.3 is 14.8 Å². The number of nitrogens with one attached hydrogen (secondary N) is 2. The molecule has 2 aromatic carbocycles. The number of anilines is 1. The number of aryl methyl sites for hydroxylation is 1. The number of amides is 1. The van der Waals surface area contributed by atoms with Crippen molar-refractivity contribution >= 4 is 29.1 Å². The van der Waals surface area contributed by atoms with Crippen LogP contribution in [0.2, 0.25) is 0 Å². The van der Waals surface area contributed by atoms with Gasteiger partial charge in [-0.2, -0.15) is 0 Å². The number of rotatable bonds is 7. The predicted octanol–water partition coefficient (Wildman–Crippen LogP) is 3.00. The molecule has 9 heteroatoms. The molecule has 0 saturated heterocycles. The number of thioether (sulfide) groups is 1. The van der Waals surface area contributed by atoms with Crippen LogP contribution in [-0.4, -0.2) is 39.2 Å². The number of Topliss-reactive ketones (excluding diaryl/α,β-unsaturated/α-hetero) is 1. The van der Waals surface area contributed by atoms with Crippen LogP contribution in [0.3, 0.4) is 0 Å². The van der Waals surface area contributed by atoms with E-state index in [1.165, 1.54) is 11.8 Å². The van der Waals surface area contributed by atoms with E-state index in [0.717, 1.165) is 11.3 Å². The fourth-order valence-electron chi connectivity index (χ4n) is 2.74. The molecule has 148 valence electrons. The number of hydrogen-bond donors (Lipinski definition) is 2. The number of H-pyrrole nitrogens is 1. The molecule has 0 atom stereocenters. The molecule has 0 unspecified atom stereocenters. The molecular formula is C20H18N4O4S. The van der Waals surface area contributed by atoms with Gasteiger partial charge in [0, 0.05) is 5.56 Å². The average molecular weight is 410 g/mol. The number of para-hydroxylation sites is 1. The Balaban J connectivity index is 1.33. The van der Waals surface area contributed by atoms with Gasteiger partial charge in [-0.25, -0.2) is 4.98 Å². The Kier molecular flexibility index (Phi) is 5.48. The van der Waals surface area contributed by atoms with Crippen LogP contribution in [0, 0.1) is 6.92 Å². The van der Waals surface area contributed by atoms with E-state index in [2.05, 4.69) is 20.5 Å². The van der Waals surface area contributed by atoms with Gasteiger partial charge >= 0.3 is 0 Å². The first kappa shape index (κ1) is 19.0. The Morgan fingerprint density at radius 3 is 3.00 bits per heavy atom. The maximum atomic E-state index is 12.5. The van der Waals surface area contributed by atoms with E-state index in [1.54, 1.807) is 18.2 Å². The fourth-order valence-corrected chi connectivity index (χ4v) is 3.45. The highest BCUT2D eigenvalue weighted by Crippen LogP contribution is 2.29.